The van der Waals surface area contributed by atoms with E-state index in [-0.39, 0.29) is 5.56 Å². The van der Waals surface area contributed by atoms with Gasteiger partial charge < -0.3 is 9.09 Å². The molecule has 0 saturated heterocycles. The highest BCUT2D eigenvalue weighted by Crippen LogP contribution is 2.10. The van der Waals surface area contributed by atoms with Crippen LogP contribution in [0.15, 0.2) is 50.8 Å². The Bertz CT molecular complexity index is 1220. The highest BCUT2D eigenvalue weighted by atomic mass is 16.5. The lowest BCUT2D eigenvalue weighted by molar-refractivity contribution is 0.378. The van der Waals surface area contributed by atoms with Crippen molar-refractivity contribution in [3.63, 3.8) is 0 Å². The van der Waals surface area contributed by atoms with E-state index in [2.05, 4.69) is 15.1 Å². The zero-order chi connectivity index (χ0) is 19.0. The van der Waals surface area contributed by atoms with Crippen LogP contribution in [-0.4, -0.2) is 28.8 Å². The maximum atomic E-state index is 12.4. The Hall–Kier alpha value is -3.49. The molecule has 0 N–H and O–H groups in total. The fraction of sp³-hybridized carbons (Fsp3) is 0.278. The number of imidazole rings is 1. The second kappa shape index (κ2) is 6.67. The molecule has 0 aliphatic heterocycles. The lowest BCUT2D eigenvalue weighted by Crippen LogP contribution is -2.37. The molecule has 0 atom stereocenters. The zero-order valence-electron chi connectivity index (χ0n) is 15.0. The number of hydrogen-bond donors (Lipinski definition) is 0. The summed E-state index contributed by atoms with van der Waals surface area (Å²) in [7, 11) is 3.05. The minimum absolute atomic E-state index is 0.362. The van der Waals surface area contributed by atoms with Crippen molar-refractivity contribution >= 4 is 11.2 Å². The van der Waals surface area contributed by atoms with E-state index in [4.69, 9.17) is 4.52 Å². The standard InChI is InChI=1S/C18H18N6O3/c1-22-16-15(17(25)23(2)18(22)26)24(11-19-16)9-8-13-20-14(27-21-13)10-12-6-4-3-5-7-12/h3-7,11H,8-10H2,1-2H3. The Labute approximate surface area is 153 Å². The van der Waals surface area contributed by atoms with Gasteiger partial charge in [-0.3, -0.25) is 13.9 Å². The highest BCUT2D eigenvalue weighted by molar-refractivity contribution is 5.69. The largest absolute Gasteiger partial charge is 0.339 e. The quantitative estimate of drug-likeness (QED) is 0.514. The third-order valence-corrected chi connectivity index (χ3v) is 4.50. The average Bonchev–Trinajstić information content (AvgIpc) is 3.30. The summed E-state index contributed by atoms with van der Waals surface area (Å²) in [5.74, 6) is 1.11. The first-order valence-corrected chi connectivity index (χ1v) is 8.51. The van der Waals surface area contributed by atoms with Crippen molar-refractivity contribution in [3.8, 4) is 0 Å². The normalized spacial score (nSPS) is 11.3. The molecule has 0 spiro atoms. The monoisotopic (exact) mass is 366 g/mol. The number of aryl methyl sites for hydroxylation is 3. The van der Waals surface area contributed by atoms with Crippen LogP contribution in [0.5, 0.6) is 0 Å². The molecule has 4 rings (SSSR count). The van der Waals surface area contributed by atoms with Gasteiger partial charge in [-0.1, -0.05) is 35.5 Å². The van der Waals surface area contributed by atoms with Crippen LogP contribution in [0.2, 0.25) is 0 Å². The second-order valence-electron chi connectivity index (χ2n) is 6.33. The molecule has 27 heavy (non-hydrogen) atoms. The van der Waals surface area contributed by atoms with Crippen molar-refractivity contribution < 1.29 is 4.52 Å². The molecule has 3 aromatic heterocycles. The topological polar surface area (TPSA) is 101 Å². The number of nitrogens with zero attached hydrogens (tertiary/aromatic N) is 6. The summed E-state index contributed by atoms with van der Waals surface area (Å²) in [4.78, 5) is 33.0. The van der Waals surface area contributed by atoms with Gasteiger partial charge in [0.2, 0.25) is 5.89 Å². The molecule has 0 unspecified atom stereocenters. The van der Waals surface area contributed by atoms with Gasteiger partial charge in [-0.05, 0) is 5.56 Å². The van der Waals surface area contributed by atoms with Crippen LogP contribution in [0.4, 0.5) is 0 Å². The molecule has 9 nitrogen and oxygen atoms in total. The Kier molecular flexibility index (Phi) is 4.19. The average molecular weight is 366 g/mol. The molecule has 0 aliphatic carbocycles. The first-order chi connectivity index (χ1) is 13.0. The molecule has 0 saturated carbocycles. The molecular weight excluding hydrogens is 348 g/mol. The van der Waals surface area contributed by atoms with Gasteiger partial charge in [0.15, 0.2) is 17.0 Å². The molecule has 9 heteroatoms. The van der Waals surface area contributed by atoms with Crippen LogP contribution in [0.1, 0.15) is 17.3 Å². The van der Waals surface area contributed by atoms with Crippen LogP contribution >= 0.6 is 0 Å². The third-order valence-electron chi connectivity index (χ3n) is 4.50. The highest BCUT2D eigenvalue weighted by Gasteiger charge is 2.15. The van der Waals surface area contributed by atoms with Crippen LogP contribution < -0.4 is 11.2 Å². The van der Waals surface area contributed by atoms with Crippen molar-refractivity contribution in [2.45, 2.75) is 19.4 Å². The van der Waals surface area contributed by atoms with Crippen molar-refractivity contribution in [2.24, 2.45) is 14.1 Å². The maximum absolute atomic E-state index is 12.4. The van der Waals surface area contributed by atoms with Crippen LogP contribution in [0, 0.1) is 0 Å². The van der Waals surface area contributed by atoms with E-state index < -0.39 is 5.69 Å². The SMILES string of the molecule is Cn1c(=O)c2c(ncn2CCc2noc(Cc3ccccc3)n2)n(C)c1=O. The predicted octanol–water partition coefficient (Wildman–Crippen LogP) is 0.650. The lowest BCUT2D eigenvalue weighted by atomic mass is 10.1. The van der Waals surface area contributed by atoms with E-state index in [1.54, 1.807) is 17.9 Å². The number of rotatable bonds is 5. The van der Waals surface area contributed by atoms with Gasteiger partial charge >= 0.3 is 5.69 Å². The minimum atomic E-state index is -0.401. The zero-order valence-corrected chi connectivity index (χ0v) is 15.0. The lowest BCUT2D eigenvalue weighted by Gasteiger charge is -2.05. The summed E-state index contributed by atoms with van der Waals surface area (Å²) >= 11 is 0. The van der Waals surface area contributed by atoms with E-state index in [0.717, 1.165) is 10.1 Å². The van der Waals surface area contributed by atoms with Gasteiger partial charge in [-0.15, -0.1) is 0 Å². The summed E-state index contributed by atoms with van der Waals surface area (Å²) in [6.07, 6.45) is 2.61. The Morgan fingerprint density at radius 3 is 2.63 bits per heavy atom. The Morgan fingerprint density at radius 1 is 1.07 bits per heavy atom. The summed E-state index contributed by atoms with van der Waals surface area (Å²) < 4.78 is 9.46. The molecular formula is C18H18N6O3. The summed E-state index contributed by atoms with van der Waals surface area (Å²) in [5.41, 5.74) is 1.07. The summed E-state index contributed by atoms with van der Waals surface area (Å²) in [5, 5.41) is 4.01. The molecule has 3 heterocycles. The van der Waals surface area contributed by atoms with Crippen molar-refractivity contribution in [2.75, 3.05) is 0 Å². The molecule has 138 valence electrons. The van der Waals surface area contributed by atoms with Gasteiger partial charge in [0, 0.05) is 27.1 Å². The number of hydrogen-bond acceptors (Lipinski definition) is 6. The fourth-order valence-electron chi connectivity index (χ4n) is 3.02. The van der Waals surface area contributed by atoms with E-state index in [0.29, 0.717) is 42.3 Å². The van der Waals surface area contributed by atoms with Crippen molar-refractivity contribution in [1.82, 2.24) is 28.8 Å². The van der Waals surface area contributed by atoms with Crippen LogP contribution in [-0.2, 0) is 33.5 Å². The van der Waals surface area contributed by atoms with Gasteiger partial charge in [0.05, 0.1) is 12.7 Å². The van der Waals surface area contributed by atoms with Crippen LogP contribution in [0.25, 0.3) is 11.2 Å². The van der Waals surface area contributed by atoms with E-state index >= 15 is 0 Å². The van der Waals surface area contributed by atoms with E-state index in [1.807, 2.05) is 30.3 Å². The van der Waals surface area contributed by atoms with Gasteiger partial charge in [0.1, 0.15) is 0 Å². The number of benzene rings is 1. The van der Waals surface area contributed by atoms with Crippen molar-refractivity contribution in [1.29, 1.82) is 0 Å². The Morgan fingerprint density at radius 2 is 1.85 bits per heavy atom. The first-order valence-electron chi connectivity index (χ1n) is 8.51. The van der Waals surface area contributed by atoms with E-state index in [1.165, 1.54) is 11.6 Å². The molecule has 0 amide bonds. The molecule has 0 bridgehead atoms. The van der Waals surface area contributed by atoms with Crippen molar-refractivity contribution in [3.05, 3.63) is 74.8 Å². The summed E-state index contributed by atoms with van der Waals surface area (Å²) in [6.45, 7) is 0.453. The fourth-order valence-corrected chi connectivity index (χ4v) is 3.02. The molecule has 0 fully saturated rings. The molecule has 1 aromatic carbocycles. The van der Waals surface area contributed by atoms with Gasteiger partial charge in [-0.2, -0.15) is 4.98 Å². The third kappa shape index (κ3) is 3.07. The Balaban J connectivity index is 1.55. The minimum Gasteiger partial charge on any atom is -0.339 e. The predicted molar refractivity (Wildman–Crippen MR) is 97.5 cm³/mol. The molecule has 0 aliphatic rings. The summed E-state index contributed by atoms with van der Waals surface area (Å²) in [6, 6.07) is 9.89. The first kappa shape index (κ1) is 17.0. The van der Waals surface area contributed by atoms with E-state index in [9.17, 15) is 9.59 Å². The van der Waals surface area contributed by atoms with Gasteiger partial charge in [-0.25, -0.2) is 9.78 Å². The molecule has 4 aromatic rings. The maximum Gasteiger partial charge on any atom is 0.332 e. The smallest absolute Gasteiger partial charge is 0.332 e. The number of aromatic nitrogens is 6. The number of fused-ring (bicyclic) bond motifs is 1. The second-order valence-corrected chi connectivity index (χ2v) is 6.33. The molecule has 0 radical (unpaired) electrons. The van der Waals surface area contributed by atoms with Gasteiger partial charge in [0.25, 0.3) is 5.56 Å². The van der Waals surface area contributed by atoms with Crippen LogP contribution in [0.3, 0.4) is 0 Å².